The van der Waals surface area contributed by atoms with Gasteiger partial charge in [-0.15, -0.1) is 0 Å². The summed E-state index contributed by atoms with van der Waals surface area (Å²) < 4.78 is 56.9. The molecular formula is C18H17ClF4N2O. The van der Waals surface area contributed by atoms with Crippen molar-refractivity contribution in [3.05, 3.63) is 58.5 Å². The Balaban J connectivity index is 1.81. The Labute approximate surface area is 153 Å². The lowest BCUT2D eigenvalue weighted by molar-refractivity contribution is -0.137. The zero-order valence-corrected chi connectivity index (χ0v) is 14.5. The maximum Gasteiger partial charge on any atom is 0.417 e. The number of aromatic nitrogens is 1. The highest BCUT2D eigenvalue weighted by molar-refractivity contribution is 6.32. The van der Waals surface area contributed by atoms with Crippen LogP contribution in [0.5, 0.6) is 0 Å². The molecule has 140 valence electrons. The fraction of sp³-hybridized carbons (Fsp3) is 0.389. The van der Waals surface area contributed by atoms with E-state index < -0.39 is 11.7 Å². The fourth-order valence-corrected chi connectivity index (χ4v) is 3.34. The van der Waals surface area contributed by atoms with Gasteiger partial charge in [-0.2, -0.15) is 13.2 Å². The molecule has 0 radical (unpaired) electrons. The topological polar surface area (TPSA) is 34.2 Å². The number of nitrogens with zero attached hydrogens (tertiary/aromatic N) is 1. The first-order chi connectivity index (χ1) is 12.3. The molecule has 0 spiro atoms. The number of alkyl halides is 3. The summed E-state index contributed by atoms with van der Waals surface area (Å²) in [6.07, 6.45) is -2.35. The minimum atomic E-state index is -4.49. The summed E-state index contributed by atoms with van der Waals surface area (Å²) in [6.45, 7) is 1.50. The number of nitrogens with one attached hydrogen (secondary N) is 1. The zero-order chi connectivity index (χ0) is 18.8. The Morgan fingerprint density at radius 2 is 1.81 bits per heavy atom. The number of ether oxygens (including phenoxy) is 1. The summed E-state index contributed by atoms with van der Waals surface area (Å²) in [5.74, 6) is -0.135. The van der Waals surface area contributed by atoms with E-state index in [-0.39, 0.29) is 22.1 Å². The number of benzene rings is 1. The Hall–Kier alpha value is -1.86. The van der Waals surface area contributed by atoms with Crippen molar-refractivity contribution in [1.29, 1.82) is 0 Å². The van der Waals surface area contributed by atoms with Crippen molar-refractivity contribution in [1.82, 2.24) is 4.98 Å². The van der Waals surface area contributed by atoms with Crippen LogP contribution in [0.15, 0.2) is 36.5 Å². The highest BCUT2D eigenvalue weighted by atomic mass is 35.5. The standard InChI is InChI=1S/C18H17ClF4N2O/c19-15-9-13(18(21,22)23)10-24-16(15)25-11-17(5-7-26-8-6-17)12-1-3-14(20)4-2-12/h1-4,9-10H,5-8,11H2,(H,24,25). The molecule has 1 fully saturated rings. The molecular weight excluding hydrogens is 372 g/mol. The van der Waals surface area contributed by atoms with Gasteiger partial charge in [0.25, 0.3) is 0 Å². The fourth-order valence-electron chi connectivity index (χ4n) is 3.11. The molecule has 1 aliphatic rings. The SMILES string of the molecule is Fc1ccc(C2(CNc3ncc(C(F)(F)F)cc3Cl)CCOCC2)cc1. The van der Waals surface area contributed by atoms with Crippen LogP contribution in [0.1, 0.15) is 24.0 Å². The van der Waals surface area contributed by atoms with Gasteiger partial charge in [-0.3, -0.25) is 0 Å². The van der Waals surface area contributed by atoms with E-state index in [4.69, 9.17) is 16.3 Å². The second-order valence-electron chi connectivity index (χ2n) is 6.31. The van der Waals surface area contributed by atoms with E-state index in [2.05, 4.69) is 10.3 Å². The first-order valence-electron chi connectivity index (χ1n) is 8.11. The highest BCUT2D eigenvalue weighted by Crippen LogP contribution is 2.37. The van der Waals surface area contributed by atoms with Crippen LogP contribution < -0.4 is 5.32 Å². The van der Waals surface area contributed by atoms with E-state index in [1.54, 1.807) is 12.1 Å². The monoisotopic (exact) mass is 388 g/mol. The van der Waals surface area contributed by atoms with Crippen LogP contribution in [0.3, 0.4) is 0 Å². The van der Waals surface area contributed by atoms with Crippen LogP contribution in [-0.4, -0.2) is 24.7 Å². The molecule has 2 aromatic rings. The average molecular weight is 389 g/mol. The summed E-state index contributed by atoms with van der Waals surface area (Å²) >= 11 is 5.97. The first-order valence-corrected chi connectivity index (χ1v) is 8.48. The Morgan fingerprint density at radius 1 is 1.15 bits per heavy atom. The minimum absolute atomic E-state index is 0.0962. The zero-order valence-electron chi connectivity index (χ0n) is 13.7. The van der Waals surface area contributed by atoms with Gasteiger partial charge in [0, 0.05) is 31.4 Å². The summed E-state index contributed by atoms with van der Waals surface area (Å²) in [5.41, 5.74) is -0.287. The number of anilines is 1. The van der Waals surface area contributed by atoms with Gasteiger partial charge in [-0.1, -0.05) is 23.7 Å². The quantitative estimate of drug-likeness (QED) is 0.744. The lowest BCUT2D eigenvalue weighted by Crippen LogP contribution is -2.40. The highest BCUT2D eigenvalue weighted by Gasteiger charge is 2.35. The number of hydrogen-bond acceptors (Lipinski definition) is 3. The molecule has 0 unspecified atom stereocenters. The molecule has 0 atom stereocenters. The van der Waals surface area contributed by atoms with Gasteiger partial charge < -0.3 is 10.1 Å². The molecule has 26 heavy (non-hydrogen) atoms. The second kappa shape index (κ2) is 7.40. The van der Waals surface area contributed by atoms with E-state index in [1.165, 1.54) is 12.1 Å². The third-order valence-corrected chi connectivity index (χ3v) is 4.96. The van der Waals surface area contributed by atoms with Crippen molar-refractivity contribution in [3.8, 4) is 0 Å². The van der Waals surface area contributed by atoms with Gasteiger partial charge in [0.05, 0.1) is 10.6 Å². The van der Waals surface area contributed by atoms with Crippen molar-refractivity contribution in [3.63, 3.8) is 0 Å². The van der Waals surface area contributed by atoms with E-state index in [1.807, 2.05) is 0 Å². The normalized spacial score (nSPS) is 17.1. The molecule has 0 saturated carbocycles. The third kappa shape index (κ3) is 4.10. The molecule has 1 aromatic carbocycles. The second-order valence-corrected chi connectivity index (χ2v) is 6.71. The van der Waals surface area contributed by atoms with E-state index >= 15 is 0 Å². The maximum atomic E-state index is 13.3. The van der Waals surface area contributed by atoms with Crippen LogP contribution >= 0.6 is 11.6 Å². The summed E-state index contributed by atoms with van der Waals surface area (Å²) in [4.78, 5) is 3.81. The van der Waals surface area contributed by atoms with Gasteiger partial charge in [-0.05, 0) is 36.6 Å². The molecule has 1 aliphatic heterocycles. The van der Waals surface area contributed by atoms with Gasteiger partial charge in [-0.25, -0.2) is 9.37 Å². The van der Waals surface area contributed by atoms with Crippen molar-refractivity contribution in [2.75, 3.05) is 25.1 Å². The number of halogens is 5. The molecule has 1 N–H and O–H groups in total. The van der Waals surface area contributed by atoms with Gasteiger partial charge in [0.2, 0.25) is 0 Å². The lowest BCUT2D eigenvalue weighted by atomic mass is 9.74. The number of rotatable bonds is 4. The van der Waals surface area contributed by atoms with Crippen molar-refractivity contribution in [2.24, 2.45) is 0 Å². The van der Waals surface area contributed by atoms with Crippen LogP contribution in [-0.2, 0) is 16.3 Å². The Bertz CT molecular complexity index is 759. The first kappa shape index (κ1) is 18.9. The van der Waals surface area contributed by atoms with Crippen LogP contribution in [0, 0.1) is 5.82 Å². The molecule has 2 heterocycles. The van der Waals surface area contributed by atoms with Gasteiger partial charge in [0.1, 0.15) is 11.6 Å². The summed E-state index contributed by atoms with van der Waals surface area (Å²) in [6, 6.07) is 7.10. The molecule has 8 heteroatoms. The van der Waals surface area contributed by atoms with E-state index in [0.717, 1.165) is 17.8 Å². The van der Waals surface area contributed by atoms with E-state index in [9.17, 15) is 17.6 Å². The van der Waals surface area contributed by atoms with Crippen LogP contribution in [0.25, 0.3) is 0 Å². The summed E-state index contributed by atoms with van der Waals surface area (Å²) in [5, 5.41) is 2.96. The molecule has 0 aliphatic carbocycles. The third-order valence-electron chi connectivity index (χ3n) is 4.67. The largest absolute Gasteiger partial charge is 0.417 e. The smallest absolute Gasteiger partial charge is 0.381 e. The molecule has 3 rings (SSSR count). The van der Waals surface area contributed by atoms with Crippen LogP contribution in [0.2, 0.25) is 5.02 Å². The maximum absolute atomic E-state index is 13.3. The van der Waals surface area contributed by atoms with Crippen molar-refractivity contribution >= 4 is 17.4 Å². The predicted molar refractivity (Wildman–Crippen MR) is 90.9 cm³/mol. The Kier molecular flexibility index (Phi) is 5.39. The Morgan fingerprint density at radius 3 is 2.38 bits per heavy atom. The van der Waals surface area contributed by atoms with Gasteiger partial charge in [0.15, 0.2) is 0 Å². The average Bonchev–Trinajstić information content (AvgIpc) is 2.61. The van der Waals surface area contributed by atoms with E-state index in [0.29, 0.717) is 32.6 Å². The minimum Gasteiger partial charge on any atom is -0.381 e. The number of pyridine rings is 1. The molecule has 1 aromatic heterocycles. The predicted octanol–water partition coefficient (Wildman–Crippen LogP) is 5.05. The van der Waals surface area contributed by atoms with Crippen LogP contribution in [0.4, 0.5) is 23.4 Å². The molecule has 0 bridgehead atoms. The lowest BCUT2D eigenvalue weighted by Gasteiger charge is -2.38. The number of hydrogen-bond donors (Lipinski definition) is 1. The molecule has 1 saturated heterocycles. The molecule has 3 nitrogen and oxygen atoms in total. The summed E-state index contributed by atoms with van der Waals surface area (Å²) in [7, 11) is 0. The van der Waals surface area contributed by atoms with Gasteiger partial charge >= 0.3 is 6.18 Å². The van der Waals surface area contributed by atoms with Crippen molar-refractivity contribution in [2.45, 2.75) is 24.4 Å². The van der Waals surface area contributed by atoms with Crippen molar-refractivity contribution < 1.29 is 22.3 Å². The molecule has 0 amide bonds.